The van der Waals surface area contributed by atoms with Crippen LogP contribution in [-0.2, 0) is 13.0 Å². The number of ether oxygens (including phenoxy) is 2. The van der Waals surface area contributed by atoms with Gasteiger partial charge in [0.2, 0.25) is 0 Å². The predicted octanol–water partition coefficient (Wildman–Crippen LogP) is 1.75. The van der Waals surface area contributed by atoms with Gasteiger partial charge in [0.15, 0.2) is 11.5 Å². The molecule has 0 radical (unpaired) electrons. The summed E-state index contributed by atoms with van der Waals surface area (Å²) in [6.45, 7) is 2.71. The van der Waals surface area contributed by atoms with Crippen molar-refractivity contribution < 1.29 is 14.3 Å². The monoisotopic (exact) mass is 311 g/mol. The third-order valence-electron chi connectivity index (χ3n) is 4.06. The van der Waals surface area contributed by atoms with Gasteiger partial charge in [-0.15, -0.1) is 0 Å². The van der Waals surface area contributed by atoms with Gasteiger partial charge in [0.1, 0.15) is 13.2 Å². The maximum absolute atomic E-state index is 12.6. The van der Waals surface area contributed by atoms with E-state index in [-0.39, 0.29) is 5.91 Å². The molecule has 0 saturated heterocycles. The van der Waals surface area contributed by atoms with Crippen LogP contribution in [0.4, 0.5) is 5.69 Å². The third-order valence-corrected chi connectivity index (χ3v) is 4.06. The van der Waals surface area contributed by atoms with E-state index in [9.17, 15) is 4.79 Å². The normalized spacial score (nSPS) is 15.7. The molecular weight excluding hydrogens is 294 g/mol. The highest BCUT2D eigenvalue weighted by atomic mass is 16.6. The predicted molar refractivity (Wildman–Crippen MR) is 85.0 cm³/mol. The average molecular weight is 311 g/mol. The van der Waals surface area contributed by atoms with Crippen molar-refractivity contribution in [3.8, 4) is 11.5 Å². The lowest BCUT2D eigenvalue weighted by atomic mass is 9.98. The van der Waals surface area contributed by atoms with E-state index in [1.165, 1.54) is 0 Å². The summed E-state index contributed by atoms with van der Waals surface area (Å²) in [5.74, 6) is 1.22. The smallest absolute Gasteiger partial charge is 0.257 e. The van der Waals surface area contributed by atoms with E-state index in [0.717, 1.165) is 30.6 Å². The van der Waals surface area contributed by atoms with Gasteiger partial charge < -0.3 is 20.1 Å². The minimum absolute atomic E-state index is 0.145. The molecule has 23 heavy (non-hydrogen) atoms. The number of aromatic nitrogens is 1. The van der Waals surface area contributed by atoms with Gasteiger partial charge in [-0.2, -0.15) is 0 Å². The fourth-order valence-corrected chi connectivity index (χ4v) is 2.93. The molecule has 0 spiro atoms. The molecule has 1 aromatic heterocycles. The van der Waals surface area contributed by atoms with Crippen LogP contribution in [0.1, 0.15) is 21.5 Å². The maximum atomic E-state index is 12.6. The molecule has 118 valence electrons. The van der Waals surface area contributed by atoms with Crippen molar-refractivity contribution in [3.05, 3.63) is 47.3 Å². The van der Waals surface area contributed by atoms with Gasteiger partial charge >= 0.3 is 0 Å². The minimum Gasteiger partial charge on any atom is -0.486 e. The number of nitrogens with zero attached hydrogens (tertiary/aromatic N) is 1. The fourth-order valence-electron chi connectivity index (χ4n) is 2.93. The van der Waals surface area contributed by atoms with E-state index < -0.39 is 0 Å². The molecule has 0 bridgehead atoms. The number of hydrogen-bond acceptors (Lipinski definition) is 5. The Labute approximate surface area is 133 Å². The average Bonchev–Trinajstić information content (AvgIpc) is 2.61. The molecule has 1 aromatic carbocycles. The van der Waals surface area contributed by atoms with Gasteiger partial charge in [-0.3, -0.25) is 9.78 Å². The molecular formula is C17H17N3O3. The zero-order valence-corrected chi connectivity index (χ0v) is 12.6. The quantitative estimate of drug-likeness (QED) is 0.884. The first-order chi connectivity index (χ1) is 11.3. The molecule has 0 aliphatic carbocycles. The maximum Gasteiger partial charge on any atom is 0.257 e. The topological polar surface area (TPSA) is 72.5 Å². The summed E-state index contributed by atoms with van der Waals surface area (Å²) < 4.78 is 11.0. The van der Waals surface area contributed by atoms with Crippen LogP contribution in [0.25, 0.3) is 0 Å². The van der Waals surface area contributed by atoms with Crippen LogP contribution in [0.3, 0.4) is 0 Å². The lowest BCUT2D eigenvalue weighted by Gasteiger charge is -2.20. The van der Waals surface area contributed by atoms with Crippen molar-refractivity contribution in [1.82, 2.24) is 10.3 Å². The van der Waals surface area contributed by atoms with Gasteiger partial charge in [-0.05, 0) is 36.2 Å². The number of rotatable bonds is 2. The van der Waals surface area contributed by atoms with E-state index in [1.807, 2.05) is 18.3 Å². The van der Waals surface area contributed by atoms with Crippen LogP contribution in [0.2, 0.25) is 0 Å². The number of benzene rings is 1. The zero-order valence-electron chi connectivity index (χ0n) is 12.6. The first kappa shape index (κ1) is 14.0. The number of amides is 1. The Kier molecular flexibility index (Phi) is 3.59. The van der Waals surface area contributed by atoms with E-state index in [0.29, 0.717) is 36.0 Å². The van der Waals surface area contributed by atoms with E-state index in [1.54, 1.807) is 12.3 Å². The molecule has 6 nitrogen and oxygen atoms in total. The molecule has 3 heterocycles. The Morgan fingerprint density at radius 2 is 2.04 bits per heavy atom. The van der Waals surface area contributed by atoms with Gasteiger partial charge in [0.05, 0.1) is 5.56 Å². The molecule has 1 amide bonds. The van der Waals surface area contributed by atoms with Crippen LogP contribution in [-0.4, -0.2) is 30.6 Å². The Bertz CT molecular complexity index is 761. The molecule has 2 aliphatic heterocycles. The first-order valence-electron chi connectivity index (χ1n) is 7.69. The molecule has 0 saturated carbocycles. The van der Waals surface area contributed by atoms with Crippen LogP contribution < -0.4 is 20.1 Å². The van der Waals surface area contributed by atoms with E-state index in [4.69, 9.17) is 9.47 Å². The molecule has 0 unspecified atom stereocenters. The Balaban J connectivity index is 1.59. The zero-order chi connectivity index (χ0) is 15.6. The van der Waals surface area contributed by atoms with Crippen molar-refractivity contribution in [3.63, 3.8) is 0 Å². The first-order valence-corrected chi connectivity index (χ1v) is 7.69. The van der Waals surface area contributed by atoms with Crippen molar-refractivity contribution >= 4 is 11.6 Å². The highest BCUT2D eigenvalue weighted by molar-refractivity contribution is 6.05. The van der Waals surface area contributed by atoms with Crippen LogP contribution in [0.15, 0.2) is 30.6 Å². The molecule has 0 fully saturated rings. The summed E-state index contributed by atoms with van der Waals surface area (Å²) in [6.07, 6.45) is 4.29. The molecule has 0 atom stereocenters. The summed E-state index contributed by atoms with van der Waals surface area (Å²) in [5, 5.41) is 6.21. The van der Waals surface area contributed by atoms with Crippen molar-refractivity contribution in [2.45, 2.75) is 13.0 Å². The van der Waals surface area contributed by atoms with Crippen molar-refractivity contribution in [1.29, 1.82) is 0 Å². The Hall–Kier alpha value is -2.60. The van der Waals surface area contributed by atoms with Crippen LogP contribution in [0.5, 0.6) is 11.5 Å². The van der Waals surface area contributed by atoms with Crippen LogP contribution in [0, 0.1) is 0 Å². The third kappa shape index (κ3) is 2.73. The van der Waals surface area contributed by atoms with Crippen LogP contribution >= 0.6 is 0 Å². The fraction of sp³-hybridized carbons (Fsp3) is 0.294. The molecule has 6 heteroatoms. The standard InChI is InChI=1S/C17H17N3O3/c21-17(14-10-19-9-11-8-18-4-3-13(11)14)20-12-1-2-15-16(7-12)23-6-5-22-15/h1-2,7,9-10,18H,3-6,8H2,(H,20,21). The molecule has 2 aliphatic rings. The second kappa shape index (κ2) is 5.89. The second-order valence-electron chi connectivity index (χ2n) is 5.56. The largest absolute Gasteiger partial charge is 0.486 e. The summed E-state index contributed by atoms with van der Waals surface area (Å²) in [6, 6.07) is 5.42. The Morgan fingerprint density at radius 3 is 2.96 bits per heavy atom. The lowest BCUT2D eigenvalue weighted by molar-refractivity contribution is 0.102. The summed E-state index contributed by atoms with van der Waals surface area (Å²) in [5.41, 5.74) is 3.49. The lowest BCUT2D eigenvalue weighted by Crippen LogP contribution is -2.27. The van der Waals surface area contributed by atoms with Crippen molar-refractivity contribution in [2.24, 2.45) is 0 Å². The molecule has 4 rings (SSSR count). The van der Waals surface area contributed by atoms with E-state index in [2.05, 4.69) is 15.6 Å². The van der Waals surface area contributed by atoms with Crippen molar-refractivity contribution in [2.75, 3.05) is 25.1 Å². The Morgan fingerprint density at radius 1 is 1.17 bits per heavy atom. The van der Waals surface area contributed by atoms with Gasteiger partial charge in [0.25, 0.3) is 5.91 Å². The summed E-state index contributed by atoms with van der Waals surface area (Å²) in [4.78, 5) is 16.8. The van der Waals surface area contributed by atoms with Gasteiger partial charge in [0, 0.05) is 30.7 Å². The highest BCUT2D eigenvalue weighted by Crippen LogP contribution is 2.32. The number of hydrogen-bond donors (Lipinski definition) is 2. The number of fused-ring (bicyclic) bond motifs is 2. The van der Waals surface area contributed by atoms with Gasteiger partial charge in [-0.1, -0.05) is 0 Å². The minimum atomic E-state index is -0.145. The molecule has 2 aromatic rings. The molecule has 2 N–H and O–H groups in total. The number of carbonyl (C=O) groups excluding carboxylic acids is 1. The van der Waals surface area contributed by atoms with Gasteiger partial charge in [-0.25, -0.2) is 0 Å². The number of pyridine rings is 1. The SMILES string of the molecule is O=C(Nc1ccc2c(c1)OCCO2)c1cncc2c1CCNC2. The van der Waals surface area contributed by atoms with E-state index >= 15 is 0 Å². The summed E-state index contributed by atoms with van der Waals surface area (Å²) >= 11 is 0. The summed E-state index contributed by atoms with van der Waals surface area (Å²) in [7, 11) is 0. The highest BCUT2D eigenvalue weighted by Gasteiger charge is 2.19. The second-order valence-corrected chi connectivity index (χ2v) is 5.56. The number of carbonyl (C=O) groups is 1. The number of anilines is 1. The number of nitrogens with one attached hydrogen (secondary N) is 2.